The molecule has 146 valence electrons. The number of benzene rings is 2. The molecule has 0 aliphatic heterocycles. The van der Waals surface area contributed by atoms with Crippen molar-refractivity contribution >= 4 is 5.91 Å². The maximum atomic E-state index is 12.9. The standard InChI is InChI=1S/C22H27N5O/c1-14(2)20-24-25-26-27(20)19-12-17(16-9-7-15(3)8-10-16)11-18(13-19)21(28)23-22(4,5)6/h7-14H,1-6H3,(H,23,28). The van der Waals surface area contributed by atoms with E-state index in [1.165, 1.54) is 5.56 Å². The number of rotatable bonds is 4. The predicted molar refractivity (Wildman–Crippen MR) is 111 cm³/mol. The predicted octanol–water partition coefficient (Wildman–Crippen LogP) is 4.29. The third kappa shape index (κ3) is 4.44. The van der Waals surface area contributed by atoms with Gasteiger partial charge in [-0.3, -0.25) is 4.79 Å². The molecule has 3 rings (SSSR count). The first-order valence-electron chi connectivity index (χ1n) is 9.47. The van der Waals surface area contributed by atoms with E-state index in [0.717, 1.165) is 22.6 Å². The van der Waals surface area contributed by atoms with Gasteiger partial charge in [-0.15, -0.1) is 5.10 Å². The van der Waals surface area contributed by atoms with Crippen molar-refractivity contribution in [1.82, 2.24) is 25.5 Å². The summed E-state index contributed by atoms with van der Waals surface area (Å²) in [6, 6.07) is 14.0. The van der Waals surface area contributed by atoms with Crippen LogP contribution in [-0.2, 0) is 0 Å². The molecule has 3 aromatic rings. The van der Waals surface area contributed by atoms with Crippen molar-refractivity contribution in [3.05, 3.63) is 59.4 Å². The van der Waals surface area contributed by atoms with Crippen LogP contribution < -0.4 is 5.32 Å². The van der Waals surface area contributed by atoms with Crippen LogP contribution in [0.1, 0.15) is 62.3 Å². The van der Waals surface area contributed by atoms with Crippen molar-refractivity contribution in [3.8, 4) is 16.8 Å². The molecule has 1 N–H and O–H groups in total. The molecule has 0 fully saturated rings. The zero-order chi connectivity index (χ0) is 20.5. The van der Waals surface area contributed by atoms with Crippen molar-refractivity contribution in [2.45, 2.75) is 53.0 Å². The summed E-state index contributed by atoms with van der Waals surface area (Å²) in [6.07, 6.45) is 0. The fourth-order valence-corrected chi connectivity index (χ4v) is 2.93. The van der Waals surface area contributed by atoms with Crippen molar-refractivity contribution < 1.29 is 4.79 Å². The highest BCUT2D eigenvalue weighted by Gasteiger charge is 2.19. The third-order valence-corrected chi connectivity index (χ3v) is 4.31. The molecule has 0 bridgehead atoms. The van der Waals surface area contributed by atoms with Crippen molar-refractivity contribution in [2.75, 3.05) is 0 Å². The van der Waals surface area contributed by atoms with E-state index in [9.17, 15) is 4.79 Å². The fraction of sp³-hybridized carbons (Fsp3) is 0.364. The number of carbonyl (C=O) groups excluding carboxylic acids is 1. The number of tetrazole rings is 1. The van der Waals surface area contributed by atoms with Crippen molar-refractivity contribution in [1.29, 1.82) is 0 Å². The summed E-state index contributed by atoms with van der Waals surface area (Å²) < 4.78 is 1.70. The number of hydrogen-bond donors (Lipinski definition) is 1. The Hall–Kier alpha value is -3.02. The molecule has 0 atom stereocenters. The molecule has 0 aliphatic rings. The third-order valence-electron chi connectivity index (χ3n) is 4.31. The SMILES string of the molecule is Cc1ccc(-c2cc(C(=O)NC(C)(C)C)cc(-n3nnnc3C(C)C)c2)cc1. The Kier molecular flexibility index (Phi) is 5.31. The summed E-state index contributed by atoms with van der Waals surface area (Å²) in [6.45, 7) is 12.0. The molecule has 1 heterocycles. The van der Waals surface area contributed by atoms with E-state index < -0.39 is 0 Å². The van der Waals surface area contributed by atoms with Gasteiger partial charge in [-0.2, -0.15) is 4.68 Å². The second-order valence-electron chi connectivity index (χ2n) is 8.44. The summed E-state index contributed by atoms with van der Waals surface area (Å²) in [4.78, 5) is 12.9. The summed E-state index contributed by atoms with van der Waals surface area (Å²) in [7, 11) is 0. The summed E-state index contributed by atoms with van der Waals surface area (Å²) in [5, 5.41) is 15.2. The lowest BCUT2D eigenvalue weighted by Crippen LogP contribution is -2.40. The van der Waals surface area contributed by atoms with Crippen LogP contribution in [0.4, 0.5) is 0 Å². The average Bonchev–Trinajstić information content (AvgIpc) is 3.10. The summed E-state index contributed by atoms with van der Waals surface area (Å²) in [5.74, 6) is 0.787. The van der Waals surface area contributed by atoms with Crippen LogP contribution in [0.25, 0.3) is 16.8 Å². The Morgan fingerprint density at radius 3 is 2.32 bits per heavy atom. The zero-order valence-corrected chi connectivity index (χ0v) is 17.3. The maximum Gasteiger partial charge on any atom is 0.251 e. The van der Waals surface area contributed by atoms with Crippen LogP contribution in [0.15, 0.2) is 42.5 Å². The van der Waals surface area contributed by atoms with Crippen LogP contribution in [0.5, 0.6) is 0 Å². The molecule has 0 radical (unpaired) electrons. The minimum atomic E-state index is -0.324. The smallest absolute Gasteiger partial charge is 0.251 e. The van der Waals surface area contributed by atoms with E-state index >= 15 is 0 Å². The summed E-state index contributed by atoms with van der Waals surface area (Å²) in [5.41, 5.74) is 4.19. The topological polar surface area (TPSA) is 72.7 Å². The lowest BCUT2D eigenvalue weighted by Gasteiger charge is -2.21. The lowest BCUT2D eigenvalue weighted by molar-refractivity contribution is 0.0919. The van der Waals surface area contributed by atoms with E-state index in [4.69, 9.17) is 0 Å². The highest BCUT2D eigenvalue weighted by atomic mass is 16.1. The zero-order valence-electron chi connectivity index (χ0n) is 17.3. The number of aryl methyl sites for hydroxylation is 1. The Bertz CT molecular complexity index is 981. The average molecular weight is 377 g/mol. The molecular formula is C22H27N5O. The Labute approximate surface area is 166 Å². The van der Waals surface area contributed by atoms with Gasteiger partial charge >= 0.3 is 0 Å². The van der Waals surface area contributed by atoms with Gasteiger partial charge in [-0.25, -0.2) is 0 Å². The lowest BCUT2D eigenvalue weighted by atomic mass is 9.99. The monoisotopic (exact) mass is 377 g/mol. The molecule has 2 aromatic carbocycles. The Morgan fingerprint density at radius 2 is 1.71 bits per heavy atom. The Balaban J connectivity index is 2.15. The van der Waals surface area contributed by atoms with E-state index in [1.807, 2.05) is 52.8 Å². The molecule has 6 heteroatoms. The van der Waals surface area contributed by atoms with Gasteiger partial charge in [0.2, 0.25) is 0 Å². The highest BCUT2D eigenvalue weighted by molar-refractivity contribution is 5.96. The second kappa shape index (κ2) is 7.54. The number of amides is 1. The first-order valence-corrected chi connectivity index (χ1v) is 9.47. The molecule has 0 spiro atoms. The van der Waals surface area contributed by atoms with E-state index in [2.05, 4.69) is 52.0 Å². The van der Waals surface area contributed by atoms with Crippen LogP contribution in [0, 0.1) is 6.92 Å². The second-order valence-corrected chi connectivity index (χ2v) is 8.44. The molecule has 6 nitrogen and oxygen atoms in total. The van der Waals surface area contributed by atoms with Gasteiger partial charge in [0.25, 0.3) is 5.91 Å². The number of nitrogens with zero attached hydrogens (tertiary/aromatic N) is 4. The minimum absolute atomic E-state index is 0.123. The number of aromatic nitrogens is 4. The number of hydrogen-bond acceptors (Lipinski definition) is 4. The molecule has 28 heavy (non-hydrogen) atoms. The molecule has 0 saturated carbocycles. The van der Waals surface area contributed by atoms with E-state index in [-0.39, 0.29) is 17.4 Å². The molecule has 0 aliphatic carbocycles. The number of nitrogens with one attached hydrogen (secondary N) is 1. The molecule has 1 amide bonds. The molecule has 0 unspecified atom stereocenters. The van der Waals surface area contributed by atoms with Crippen molar-refractivity contribution in [2.24, 2.45) is 0 Å². The quantitative estimate of drug-likeness (QED) is 0.736. The molecule has 1 aromatic heterocycles. The first kappa shape index (κ1) is 19.7. The van der Waals surface area contributed by atoms with Gasteiger partial charge in [-0.05, 0) is 67.4 Å². The van der Waals surface area contributed by atoms with Gasteiger partial charge in [0.05, 0.1) is 5.69 Å². The minimum Gasteiger partial charge on any atom is -0.347 e. The van der Waals surface area contributed by atoms with Gasteiger partial charge < -0.3 is 5.32 Å². The largest absolute Gasteiger partial charge is 0.347 e. The van der Waals surface area contributed by atoms with Gasteiger partial charge in [0.1, 0.15) is 0 Å². The molecular weight excluding hydrogens is 350 g/mol. The van der Waals surface area contributed by atoms with Crippen LogP contribution in [0.2, 0.25) is 0 Å². The highest BCUT2D eigenvalue weighted by Crippen LogP contribution is 2.26. The number of carbonyl (C=O) groups is 1. The fourth-order valence-electron chi connectivity index (χ4n) is 2.93. The normalized spacial score (nSPS) is 11.7. The van der Waals surface area contributed by atoms with Gasteiger partial charge in [-0.1, -0.05) is 43.7 Å². The van der Waals surface area contributed by atoms with Crippen LogP contribution in [0.3, 0.4) is 0 Å². The van der Waals surface area contributed by atoms with E-state index in [0.29, 0.717) is 5.56 Å². The van der Waals surface area contributed by atoms with Crippen LogP contribution in [-0.4, -0.2) is 31.7 Å². The Morgan fingerprint density at radius 1 is 1.04 bits per heavy atom. The summed E-state index contributed by atoms with van der Waals surface area (Å²) >= 11 is 0. The van der Waals surface area contributed by atoms with Crippen LogP contribution >= 0.6 is 0 Å². The first-order chi connectivity index (χ1) is 13.1. The van der Waals surface area contributed by atoms with Gasteiger partial charge in [0.15, 0.2) is 5.82 Å². The van der Waals surface area contributed by atoms with E-state index in [1.54, 1.807) is 4.68 Å². The van der Waals surface area contributed by atoms with Crippen molar-refractivity contribution in [3.63, 3.8) is 0 Å². The maximum absolute atomic E-state index is 12.9. The molecule has 0 saturated heterocycles. The van der Waals surface area contributed by atoms with Gasteiger partial charge in [0, 0.05) is 17.0 Å².